The van der Waals surface area contributed by atoms with Crippen molar-refractivity contribution in [2.75, 3.05) is 0 Å². The van der Waals surface area contributed by atoms with Crippen molar-refractivity contribution in [2.24, 2.45) is 0 Å². The molecule has 0 radical (unpaired) electrons. The first-order valence-corrected chi connectivity index (χ1v) is 7.05. The highest BCUT2D eigenvalue weighted by Gasteiger charge is 2.05. The summed E-state index contributed by atoms with van der Waals surface area (Å²) in [7, 11) is 0. The van der Waals surface area contributed by atoms with Crippen LogP contribution in [0.5, 0.6) is 0 Å². The Labute approximate surface area is 114 Å². The second-order valence-corrected chi connectivity index (χ2v) is 6.49. The van der Waals surface area contributed by atoms with Gasteiger partial charge in [0.1, 0.15) is 0 Å². The molecule has 1 aromatic heterocycles. The smallest absolute Gasteiger partial charge is 0.0901 e. The minimum absolute atomic E-state index is 0.410. The van der Waals surface area contributed by atoms with Gasteiger partial charge in [0.2, 0.25) is 0 Å². The predicted octanol–water partition coefficient (Wildman–Crippen LogP) is 3.94. The van der Waals surface area contributed by atoms with Crippen molar-refractivity contribution >= 4 is 40.0 Å². The van der Waals surface area contributed by atoms with Crippen molar-refractivity contribution in [3.05, 3.63) is 31.3 Å². The molecule has 1 N–H and O–H groups in total. The van der Waals surface area contributed by atoms with Crippen LogP contribution in [0.3, 0.4) is 0 Å². The van der Waals surface area contributed by atoms with Gasteiger partial charge in [-0.2, -0.15) is 0 Å². The van der Waals surface area contributed by atoms with Gasteiger partial charge in [0, 0.05) is 5.38 Å². The molecular weight excluding hydrogens is 333 g/mol. The Kier molecular flexibility index (Phi) is 5.64. The summed E-state index contributed by atoms with van der Waals surface area (Å²) < 4.78 is 1.20. The number of nitrogens with zero attached hydrogens (tertiary/aromatic N) is 1. The van der Waals surface area contributed by atoms with E-state index in [4.69, 9.17) is 0 Å². The van der Waals surface area contributed by atoms with Crippen molar-refractivity contribution < 1.29 is 5.11 Å². The van der Waals surface area contributed by atoms with Crippen LogP contribution in [0.15, 0.2) is 20.6 Å². The van der Waals surface area contributed by atoms with Gasteiger partial charge in [-0.3, -0.25) is 0 Å². The third kappa shape index (κ3) is 4.76. The summed E-state index contributed by atoms with van der Waals surface area (Å²) >= 11 is 3.87. The molecule has 2 nitrogen and oxygen atoms in total. The van der Waals surface area contributed by atoms with Crippen LogP contribution in [-0.4, -0.2) is 16.2 Å². The van der Waals surface area contributed by atoms with Gasteiger partial charge in [-0.25, -0.2) is 4.98 Å². The summed E-state index contributed by atoms with van der Waals surface area (Å²) in [6, 6.07) is 0. The van der Waals surface area contributed by atoms with Gasteiger partial charge in [0.05, 0.1) is 16.8 Å². The number of aliphatic hydroxyl groups is 1. The van der Waals surface area contributed by atoms with Gasteiger partial charge < -0.3 is 5.11 Å². The highest BCUT2D eigenvalue weighted by Crippen LogP contribution is 2.16. The average molecular weight is 349 g/mol. The summed E-state index contributed by atoms with van der Waals surface area (Å²) in [6.45, 7) is 5.95. The lowest BCUT2D eigenvalue weighted by atomic mass is 10.1. The lowest BCUT2D eigenvalue weighted by Crippen LogP contribution is -2.06. The number of halogens is 1. The molecule has 0 amide bonds. The maximum Gasteiger partial charge on any atom is 0.0901 e. The number of hydrogen-bond donors (Lipinski definition) is 1. The molecule has 1 atom stereocenters. The Balaban J connectivity index is 2.66. The predicted molar refractivity (Wildman–Crippen MR) is 78.9 cm³/mol. The van der Waals surface area contributed by atoms with Crippen molar-refractivity contribution in [1.29, 1.82) is 0 Å². The van der Waals surface area contributed by atoms with E-state index in [1.165, 1.54) is 3.58 Å². The number of hydrogen-bond acceptors (Lipinski definition) is 3. The van der Waals surface area contributed by atoms with Crippen molar-refractivity contribution in [1.82, 2.24) is 4.98 Å². The second-order valence-electron chi connectivity index (χ2n) is 3.72. The zero-order chi connectivity index (χ0) is 12.1. The second kappa shape index (κ2) is 6.51. The van der Waals surface area contributed by atoms with Crippen LogP contribution >= 0.6 is 33.9 Å². The zero-order valence-electron chi connectivity index (χ0n) is 9.70. The number of allylic oxidation sites excluding steroid dienone is 1. The monoisotopic (exact) mass is 349 g/mol. The van der Waals surface area contributed by atoms with Crippen molar-refractivity contribution in [2.45, 2.75) is 33.3 Å². The van der Waals surface area contributed by atoms with E-state index in [0.717, 1.165) is 16.3 Å². The molecule has 88 valence electrons. The maximum absolute atomic E-state index is 9.89. The van der Waals surface area contributed by atoms with Crippen LogP contribution < -0.4 is 0 Å². The maximum atomic E-state index is 9.89. The summed E-state index contributed by atoms with van der Waals surface area (Å²) in [4.78, 5) is 4.34. The number of thiazole rings is 1. The fourth-order valence-electron chi connectivity index (χ4n) is 1.24. The van der Waals surface area contributed by atoms with E-state index < -0.39 is 6.10 Å². The van der Waals surface area contributed by atoms with Crippen LogP contribution in [0.25, 0.3) is 6.08 Å². The number of aryl methyl sites for hydroxylation is 1. The molecule has 4 heteroatoms. The lowest BCUT2D eigenvalue weighted by Gasteiger charge is -2.08. The van der Waals surface area contributed by atoms with Crippen LogP contribution in [0.4, 0.5) is 0 Å². The summed E-state index contributed by atoms with van der Waals surface area (Å²) in [5, 5.41) is 13.0. The highest BCUT2D eigenvalue weighted by atomic mass is 127. The van der Waals surface area contributed by atoms with E-state index in [-0.39, 0.29) is 0 Å². The molecule has 16 heavy (non-hydrogen) atoms. The molecule has 0 aromatic carbocycles. The van der Waals surface area contributed by atoms with Crippen molar-refractivity contribution in [3.63, 3.8) is 0 Å². The Hall–Kier alpha value is -0.200. The van der Waals surface area contributed by atoms with E-state index in [9.17, 15) is 5.11 Å². The summed E-state index contributed by atoms with van der Waals surface area (Å²) in [5.41, 5.74) is 1.90. The molecule has 1 aromatic rings. The number of aromatic nitrogens is 1. The number of rotatable bonds is 4. The first kappa shape index (κ1) is 13.9. The Morgan fingerprint density at radius 3 is 2.81 bits per heavy atom. The van der Waals surface area contributed by atoms with E-state index in [1.807, 2.05) is 38.3 Å². The molecule has 0 saturated heterocycles. The fraction of sp³-hybridized carbons (Fsp3) is 0.417. The molecule has 1 heterocycles. The minimum Gasteiger partial charge on any atom is -0.388 e. The number of aliphatic hydroxyl groups excluding tert-OH is 1. The topological polar surface area (TPSA) is 33.1 Å². The molecule has 0 saturated carbocycles. The van der Waals surface area contributed by atoms with Crippen LogP contribution in [0.1, 0.15) is 31.0 Å². The third-order valence-corrected chi connectivity index (χ3v) is 3.39. The lowest BCUT2D eigenvalue weighted by molar-refractivity contribution is 0.215. The third-order valence-electron chi connectivity index (χ3n) is 2.16. The molecule has 0 bridgehead atoms. The quantitative estimate of drug-likeness (QED) is 0.835. The largest absolute Gasteiger partial charge is 0.388 e. The molecular formula is C12H16INOS. The van der Waals surface area contributed by atoms with Gasteiger partial charge in [-0.1, -0.05) is 6.08 Å². The Morgan fingerprint density at radius 1 is 1.62 bits per heavy atom. The molecule has 0 spiro atoms. The van der Waals surface area contributed by atoms with E-state index in [0.29, 0.717) is 6.42 Å². The van der Waals surface area contributed by atoms with Gasteiger partial charge >= 0.3 is 0 Å². The highest BCUT2D eigenvalue weighted by molar-refractivity contribution is 14.1. The summed E-state index contributed by atoms with van der Waals surface area (Å²) in [6.07, 6.45) is 4.24. The normalized spacial score (nSPS) is 15.3. The van der Waals surface area contributed by atoms with Crippen LogP contribution in [0.2, 0.25) is 0 Å². The van der Waals surface area contributed by atoms with Crippen LogP contribution in [-0.2, 0) is 0 Å². The van der Waals surface area contributed by atoms with Gasteiger partial charge in [0.15, 0.2) is 0 Å². The molecule has 1 rings (SSSR count). The Bertz CT molecular complexity index is 405. The molecule has 0 aliphatic rings. The SMILES string of the molecule is C/C(I)=C/C[C@@H](O)/C(C)=C/c1csc(C)n1. The van der Waals surface area contributed by atoms with Crippen molar-refractivity contribution in [3.8, 4) is 0 Å². The first-order valence-electron chi connectivity index (χ1n) is 5.09. The fourth-order valence-corrected chi connectivity index (χ4v) is 2.06. The zero-order valence-corrected chi connectivity index (χ0v) is 12.7. The van der Waals surface area contributed by atoms with Crippen LogP contribution in [0, 0.1) is 6.92 Å². The standard InChI is InChI=1S/C12H16INOS/c1-8(12(15)5-4-9(2)13)6-11-7-16-10(3)14-11/h4,6-7,12,15H,5H2,1-3H3/b8-6+,9-4-/t12-/m1/s1. The van der Waals surface area contributed by atoms with E-state index in [2.05, 4.69) is 27.6 Å². The Morgan fingerprint density at radius 2 is 2.31 bits per heavy atom. The first-order chi connectivity index (χ1) is 7.49. The molecule has 0 aliphatic heterocycles. The van der Waals surface area contributed by atoms with E-state index in [1.54, 1.807) is 11.3 Å². The molecule has 0 aliphatic carbocycles. The van der Waals surface area contributed by atoms with Gasteiger partial charge in [-0.15, -0.1) is 11.3 Å². The van der Waals surface area contributed by atoms with Gasteiger partial charge in [0.25, 0.3) is 0 Å². The average Bonchev–Trinajstić information content (AvgIpc) is 2.60. The van der Waals surface area contributed by atoms with E-state index >= 15 is 0 Å². The molecule has 0 fully saturated rings. The minimum atomic E-state index is -0.410. The van der Waals surface area contributed by atoms with Gasteiger partial charge in [-0.05, 0) is 65.0 Å². The molecule has 0 unspecified atom stereocenters. The summed E-state index contributed by atoms with van der Waals surface area (Å²) in [5.74, 6) is 0.